The van der Waals surface area contributed by atoms with E-state index in [1.54, 1.807) is 66.2 Å². The molecule has 7 nitrogen and oxygen atoms in total. The van der Waals surface area contributed by atoms with E-state index in [0.717, 1.165) is 11.1 Å². The molecule has 1 atom stereocenters. The van der Waals surface area contributed by atoms with Crippen molar-refractivity contribution < 1.29 is 24.2 Å². The van der Waals surface area contributed by atoms with Gasteiger partial charge in [-0.2, -0.15) is 0 Å². The van der Waals surface area contributed by atoms with E-state index in [1.807, 2.05) is 25.1 Å². The molecule has 2 heterocycles. The molecule has 1 N–H and O–H groups in total. The molecule has 196 valence electrons. The summed E-state index contributed by atoms with van der Waals surface area (Å²) in [6.07, 6.45) is 3.21. The number of Topliss-reactive ketones (excluding diaryl/α,β-unsaturated/α-hetero) is 1. The lowest BCUT2D eigenvalue weighted by Crippen LogP contribution is -2.29. The molecule has 5 rings (SSSR count). The summed E-state index contributed by atoms with van der Waals surface area (Å²) in [6.45, 7) is 6.42. The van der Waals surface area contributed by atoms with Crippen molar-refractivity contribution in [1.82, 2.24) is 4.98 Å². The van der Waals surface area contributed by atoms with Crippen LogP contribution in [-0.2, 0) is 16.2 Å². The van der Waals surface area contributed by atoms with Crippen LogP contribution in [0, 0.1) is 6.92 Å². The Labute approximate surface area is 230 Å². The van der Waals surface area contributed by atoms with Crippen LogP contribution in [0.4, 0.5) is 5.13 Å². The number of nitrogens with zero attached hydrogens (tertiary/aromatic N) is 2. The van der Waals surface area contributed by atoms with Gasteiger partial charge in [0.2, 0.25) is 0 Å². The number of amides is 1. The molecule has 1 aliphatic rings. The van der Waals surface area contributed by atoms with Gasteiger partial charge >= 0.3 is 5.91 Å². The van der Waals surface area contributed by atoms with Crippen LogP contribution >= 0.6 is 11.3 Å². The van der Waals surface area contributed by atoms with E-state index in [-0.39, 0.29) is 11.3 Å². The molecule has 0 saturated carbocycles. The van der Waals surface area contributed by atoms with Gasteiger partial charge in [0.15, 0.2) is 5.13 Å². The van der Waals surface area contributed by atoms with Crippen LogP contribution in [0.15, 0.2) is 103 Å². The van der Waals surface area contributed by atoms with Crippen molar-refractivity contribution in [2.24, 2.45) is 0 Å². The minimum Gasteiger partial charge on any atom is -0.507 e. The molecule has 1 unspecified atom stereocenters. The van der Waals surface area contributed by atoms with Gasteiger partial charge in [0.1, 0.15) is 30.5 Å². The summed E-state index contributed by atoms with van der Waals surface area (Å²) in [5.74, 6) is -0.565. The highest BCUT2D eigenvalue weighted by Crippen LogP contribution is 2.43. The summed E-state index contributed by atoms with van der Waals surface area (Å²) in [4.78, 5) is 32.1. The van der Waals surface area contributed by atoms with Gasteiger partial charge in [0.25, 0.3) is 5.78 Å². The second-order valence-corrected chi connectivity index (χ2v) is 9.83. The Morgan fingerprint density at radius 2 is 1.77 bits per heavy atom. The molecule has 0 spiro atoms. The topological polar surface area (TPSA) is 89.0 Å². The normalized spacial score (nSPS) is 16.3. The lowest BCUT2D eigenvalue weighted by Gasteiger charge is -2.23. The van der Waals surface area contributed by atoms with Crippen LogP contribution in [-0.4, -0.2) is 28.4 Å². The Hall–Kier alpha value is -4.69. The highest BCUT2D eigenvalue weighted by molar-refractivity contribution is 7.14. The molecule has 4 aromatic rings. The largest absolute Gasteiger partial charge is 0.507 e. The van der Waals surface area contributed by atoms with Crippen molar-refractivity contribution in [2.45, 2.75) is 19.6 Å². The summed E-state index contributed by atoms with van der Waals surface area (Å²) in [6, 6.07) is 21.0. The number of aliphatic hydroxyl groups excluding tert-OH is 1. The predicted molar refractivity (Wildman–Crippen MR) is 151 cm³/mol. The summed E-state index contributed by atoms with van der Waals surface area (Å²) in [5.41, 5.74) is 3.22. The lowest BCUT2D eigenvalue weighted by atomic mass is 9.95. The van der Waals surface area contributed by atoms with E-state index in [9.17, 15) is 14.7 Å². The molecule has 1 aromatic heterocycles. The molecular formula is C31H26N2O5S. The number of ether oxygens (including phenoxy) is 2. The fourth-order valence-corrected chi connectivity index (χ4v) is 5.08. The van der Waals surface area contributed by atoms with Crippen molar-refractivity contribution in [3.8, 4) is 11.5 Å². The van der Waals surface area contributed by atoms with Gasteiger partial charge in [0.05, 0.1) is 11.6 Å². The highest BCUT2D eigenvalue weighted by Gasteiger charge is 2.48. The number of carbonyl (C=O) groups excluding carboxylic acids is 2. The number of aromatic nitrogens is 1. The Morgan fingerprint density at radius 1 is 1.05 bits per heavy atom. The average Bonchev–Trinajstić information content (AvgIpc) is 3.57. The van der Waals surface area contributed by atoms with E-state index in [0.29, 0.717) is 41.0 Å². The van der Waals surface area contributed by atoms with E-state index >= 15 is 0 Å². The number of rotatable bonds is 9. The van der Waals surface area contributed by atoms with Crippen LogP contribution in [0.5, 0.6) is 11.5 Å². The van der Waals surface area contributed by atoms with Crippen LogP contribution in [0.25, 0.3) is 5.76 Å². The van der Waals surface area contributed by atoms with Crippen molar-refractivity contribution in [3.05, 3.63) is 125 Å². The van der Waals surface area contributed by atoms with Crippen molar-refractivity contribution >= 4 is 33.9 Å². The smallest absolute Gasteiger partial charge is 0.301 e. The van der Waals surface area contributed by atoms with Gasteiger partial charge in [-0.3, -0.25) is 14.5 Å². The number of aryl methyl sites for hydroxylation is 1. The maximum atomic E-state index is 13.3. The number of hydrogen-bond donors (Lipinski definition) is 1. The zero-order valence-corrected chi connectivity index (χ0v) is 22.1. The summed E-state index contributed by atoms with van der Waals surface area (Å²) >= 11 is 1.24. The van der Waals surface area contributed by atoms with Gasteiger partial charge < -0.3 is 14.6 Å². The van der Waals surface area contributed by atoms with Crippen molar-refractivity contribution in [3.63, 3.8) is 0 Å². The van der Waals surface area contributed by atoms with E-state index in [1.165, 1.54) is 16.2 Å². The maximum absolute atomic E-state index is 13.3. The molecule has 1 amide bonds. The molecule has 0 aliphatic carbocycles. The quantitative estimate of drug-likeness (QED) is 0.118. The molecule has 8 heteroatoms. The average molecular weight is 539 g/mol. The molecular weight excluding hydrogens is 512 g/mol. The first-order valence-electron chi connectivity index (χ1n) is 12.3. The third-order valence-corrected chi connectivity index (χ3v) is 7.02. The fourth-order valence-electron chi connectivity index (χ4n) is 4.41. The van der Waals surface area contributed by atoms with Gasteiger partial charge in [-0.1, -0.05) is 54.6 Å². The first kappa shape index (κ1) is 25.9. The zero-order chi connectivity index (χ0) is 27.4. The van der Waals surface area contributed by atoms with Crippen molar-refractivity contribution in [1.29, 1.82) is 0 Å². The van der Waals surface area contributed by atoms with Gasteiger partial charge in [-0.25, -0.2) is 4.98 Å². The minimum absolute atomic E-state index is 0.0108. The highest BCUT2D eigenvalue weighted by atomic mass is 32.1. The van der Waals surface area contributed by atoms with Crippen LogP contribution in [0.1, 0.15) is 28.3 Å². The van der Waals surface area contributed by atoms with E-state index in [4.69, 9.17) is 9.47 Å². The zero-order valence-electron chi connectivity index (χ0n) is 21.2. The van der Waals surface area contributed by atoms with Crippen LogP contribution in [0.2, 0.25) is 0 Å². The summed E-state index contributed by atoms with van der Waals surface area (Å²) < 4.78 is 11.5. The number of benzene rings is 3. The molecule has 0 radical (unpaired) electrons. The Kier molecular flexibility index (Phi) is 7.56. The number of thiazole rings is 1. The molecule has 39 heavy (non-hydrogen) atoms. The molecule has 1 fully saturated rings. The van der Waals surface area contributed by atoms with Crippen LogP contribution in [0.3, 0.4) is 0 Å². The van der Waals surface area contributed by atoms with Crippen LogP contribution < -0.4 is 14.4 Å². The number of hydrogen-bond acceptors (Lipinski definition) is 7. The summed E-state index contributed by atoms with van der Waals surface area (Å²) in [5, 5.41) is 13.4. The second kappa shape index (κ2) is 11.4. The van der Waals surface area contributed by atoms with Gasteiger partial charge in [-0.15, -0.1) is 11.3 Å². The maximum Gasteiger partial charge on any atom is 0.301 e. The van der Waals surface area contributed by atoms with Crippen molar-refractivity contribution in [2.75, 3.05) is 11.5 Å². The third kappa shape index (κ3) is 5.46. The van der Waals surface area contributed by atoms with E-state index in [2.05, 4.69) is 17.6 Å². The summed E-state index contributed by atoms with van der Waals surface area (Å²) in [7, 11) is 0. The van der Waals surface area contributed by atoms with Gasteiger partial charge in [-0.05, 0) is 54.4 Å². The molecule has 1 aliphatic heterocycles. The standard InChI is InChI=1S/C31H26N2O5S/c1-3-16-37-24-11-7-22(8-12-24)27-26(29(35)30(36)33(27)31-32-15-17-39-31)28(34)23-9-13-25(14-10-23)38-19-21-6-4-5-20(2)18-21/h3-15,17-18,27,34H,1,16,19H2,2H3. The molecule has 0 bridgehead atoms. The molecule has 3 aromatic carbocycles. The predicted octanol–water partition coefficient (Wildman–Crippen LogP) is 6.22. The minimum atomic E-state index is -0.859. The first-order valence-corrected chi connectivity index (χ1v) is 13.2. The second-order valence-electron chi connectivity index (χ2n) is 8.95. The Morgan fingerprint density at radius 3 is 2.44 bits per heavy atom. The molecule has 1 saturated heterocycles. The van der Waals surface area contributed by atoms with Gasteiger partial charge in [0, 0.05) is 17.1 Å². The first-order chi connectivity index (χ1) is 19.0. The number of carbonyl (C=O) groups is 2. The number of ketones is 1. The Balaban J connectivity index is 1.47. The fraction of sp³-hybridized carbons (Fsp3) is 0.129. The lowest BCUT2D eigenvalue weighted by molar-refractivity contribution is -0.132. The number of aliphatic hydroxyl groups is 1. The SMILES string of the molecule is C=CCOc1ccc(C2C(=C(O)c3ccc(OCc4cccc(C)c4)cc3)C(=O)C(=O)N2c2nccs2)cc1. The van der Waals surface area contributed by atoms with E-state index < -0.39 is 17.7 Å². The third-order valence-electron chi connectivity index (χ3n) is 6.25. The Bertz CT molecular complexity index is 1530. The number of anilines is 1. The monoisotopic (exact) mass is 538 g/mol.